The van der Waals surface area contributed by atoms with Crippen LogP contribution in [0.1, 0.15) is 21.7 Å². The molecule has 1 aromatic carbocycles. The molecule has 0 unspecified atom stereocenters. The molecule has 0 radical (unpaired) electrons. The summed E-state index contributed by atoms with van der Waals surface area (Å²) in [6.07, 6.45) is 0. The number of carbonyl (C=O) groups is 1. The second-order valence-electron chi connectivity index (χ2n) is 5.02. The van der Waals surface area contributed by atoms with Crippen molar-refractivity contribution in [1.29, 1.82) is 0 Å². The van der Waals surface area contributed by atoms with Crippen LogP contribution in [-0.4, -0.2) is 25.8 Å². The first kappa shape index (κ1) is 12.5. The van der Waals surface area contributed by atoms with Crippen molar-refractivity contribution in [3.63, 3.8) is 0 Å². The summed E-state index contributed by atoms with van der Waals surface area (Å²) in [4.78, 5) is 14.5. The van der Waals surface area contributed by atoms with Crippen LogP contribution in [0.5, 0.6) is 0 Å². The van der Waals surface area contributed by atoms with E-state index in [0.29, 0.717) is 5.69 Å². The van der Waals surface area contributed by atoms with E-state index in [-0.39, 0.29) is 5.69 Å². The molecule has 2 heterocycles. The highest BCUT2D eigenvalue weighted by Crippen LogP contribution is 2.32. The van der Waals surface area contributed by atoms with E-state index in [1.54, 1.807) is 13.1 Å². The Balaban J connectivity index is 2.26. The number of benzene rings is 1. The van der Waals surface area contributed by atoms with E-state index in [1.807, 2.05) is 26.0 Å². The van der Waals surface area contributed by atoms with E-state index in [9.17, 15) is 4.79 Å². The maximum Gasteiger partial charge on any atom is 0.354 e. The van der Waals surface area contributed by atoms with Gasteiger partial charge in [0.15, 0.2) is 0 Å². The fourth-order valence-corrected chi connectivity index (χ4v) is 2.57. The molecule has 5 nitrogen and oxygen atoms in total. The zero-order valence-corrected chi connectivity index (χ0v) is 11.6. The maximum absolute atomic E-state index is 11.1. The van der Waals surface area contributed by atoms with E-state index >= 15 is 0 Å². The summed E-state index contributed by atoms with van der Waals surface area (Å²) in [5.41, 5.74) is 5.03. The van der Waals surface area contributed by atoms with E-state index < -0.39 is 5.97 Å². The number of aromatic amines is 1. The number of aromatic carboxylic acids is 1. The summed E-state index contributed by atoms with van der Waals surface area (Å²) in [5.74, 6) is -0.973. The van der Waals surface area contributed by atoms with Gasteiger partial charge in [0.2, 0.25) is 0 Å². The molecule has 0 saturated carbocycles. The number of H-pyrrole nitrogens is 1. The maximum atomic E-state index is 11.1. The Morgan fingerprint density at radius 2 is 2.05 bits per heavy atom. The average molecular weight is 269 g/mol. The van der Waals surface area contributed by atoms with Crippen molar-refractivity contribution in [2.75, 3.05) is 0 Å². The topological polar surface area (TPSA) is 70.9 Å². The molecule has 0 spiro atoms. The molecule has 0 bridgehead atoms. The molecular formula is C15H15N3O2. The third kappa shape index (κ3) is 1.79. The summed E-state index contributed by atoms with van der Waals surface area (Å²) in [7, 11) is 1.64. The Bertz CT molecular complexity index is 827. The van der Waals surface area contributed by atoms with Crippen LogP contribution >= 0.6 is 0 Å². The zero-order valence-electron chi connectivity index (χ0n) is 11.6. The molecule has 0 saturated heterocycles. The standard InChI is InChI=1S/C15H15N3O2/c1-8-4-5-10-11(6-8)16-9(2)14(10)12-7-13(15(19)20)18(3)17-12/h4-7,16H,1-3H3,(H,19,20). The van der Waals surface area contributed by atoms with Crippen molar-refractivity contribution in [3.8, 4) is 11.3 Å². The lowest BCUT2D eigenvalue weighted by atomic mass is 10.1. The van der Waals surface area contributed by atoms with E-state index in [0.717, 1.165) is 22.2 Å². The third-order valence-electron chi connectivity index (χ3n) is 3.50. The number of hydrogen-bond acceptors (Lipinski definition) is 2. The summed E-state index contributed by atoms with van der Waals surface area (Å²) in [6.45, 7) is 4.01. The summed E-state index contributed by atoms with van der Waals surface area (Å²) < 4.78 is 1.39. The first-order valence-electron chi connectivity index (χ1n) is 6.34. The van der Waals surface area contributed by atoms with Gasteiger partial charge in [0.05, 0.1) is 5.69 Å². The molecule has 3 aromatic rings. The highest BCUT2D eigenvalue weighted by Gasteiger charge is 2.17. The number of nitrogens with one attached hydrogen (secondary N) is 1. The van der Waals surface area contributed by atoms with Gasteiger partial charge >= 0.3 is 5.97 Å². The van der Waals surface area contributed by atoms with Crippen LogP contribution in [0.3, 0.4) is 0 Å². The van der Waals surface area contributed by atoms with Gasteiger partial charge in [-0.1, -0.05) is 12.1 Å². The second kappa shape index (κ2) is 4.23. The van der Waals surface area contributed by atoms with E-state index in [2.05, 4.69) is 16.1 Å². The van der Waals surface area contributed by atoms with Gasteiger partial charge in [-0.05, 0) is 31.5 Å². The van der Waals surface area contributed by atoms with Crippen LogP contribution in [0.2, 0.25) is 0 Å². The quantitative estimate of drug-likeness (QED) is 0.751. The smallest absolute Gasteiger partial charge is 0.354 e. The second-order valence-corrected chi connectivity index (χ2v) is 5.02. The lowest BCUT2D eigenvalue weighted by Crippen LogP contribution is -2.04. The number of carboxylic acid groups (broad SMARTS) is 1. The molecule has 0 aliphatic heterocycles. The highest BCUT2D eigenvalue weighted by atomic mass is 16.4. The lowest BCUT2D eigenvalue weighted by Gasteiger charge is -1.97. The molecule has 0 aliphatic rings. The molecule has 3 rings (SSSR count). The van der Waals surface area contributed by atoms with Crippen molar-refractivity contribution >= 4 is 16.9 Å². The van der Waals surface area contributed by atoms with Gasteiger partial charge in [0.1, 0.15) is 5.69 Å². The van der Waals surface area contributed by atoms with Crippen LogP contribution in [0.15, 0.2) is 24.3 Å². The molecular weight excluding hydrogens is 254 g/mol. The SMILES string of the molecule is Cc1ccc2c(-c3cc(C(=O)O)n(C)n3)c(C)[nH]c2c1. The number of aromatic nitrogens is 3. The molecule has 0 aliphatic carbocycles. The normalized spacial score (nSPS) is 11.2. The highest BCUT2D eigenvalue weighted by molar-refractivity contribution is 5.98. The van der Waals surface area contributed by atoms with Gasteiger partial charge in [-0.3, -0.25) is 4.68 Å². The molecule has 20 heavy (non-hydrogen) atoms. The number of fused-ring (bicyclic) bond motifs is 1. The molecule has 0 fully saturated rings. The Hall–Kier alpha value is -2.56. The number of carboxylic acids is 1. The van der Waals surface area contributed by atoms with Crippen LogP contribution in [0.25, 0.3) is 22.2 Å². The van der Waals surface area contributed by atoms with Gasteiger partial charge in [-0.25, -0.2) is 4.79 Å². The van der Waals surface area contributed by atoms with Gasteiger partial charge < -0.3 is 10.1 Å². The largest absolute Gasteiger partial charge is 0.477 e. The lowest BCUT2D eigenvalue weighted by molar-refractivity contribution is 0.0685. The molecule has 5 heteroatoms. The van der Waals surface area contributed by atoms with Crippen LogP contribution in [0, 0.1) is 13.8 Å². The van der Waals surface area contributed by atoms with Crippen molar-refractivity contribution in [2.24, 2.45) is 7.05 Å². The molecule has 2 N–H and O–H groups in total. The first-order valence-corrected chi connectivity index (χ1v) is 6.34. The van der Waals surface area contributed by atoms with Crippen molar-refractivity contribution in [3.05, 3.63) is 41.2 Å². The van der Waals surface area contributed by atoms with E-state index in [1.165, 1.54) is 10.2 Å². The number of nitrogens with zero attached hydrogens (tertiary/aromatic N) is 2. The Morgan fingerprint density at radius 3 is 2.70 bits per heavy atom. The summed E-state index contributed by atoms with van der Waals surface area (Å²) in [5, 5.41) is 14.5. The van der Waals surface area contributed by atoms with Crippen LogP contribution < -0.4 is 0 Å². The number of hydrogen-bond donors (Lipinski definition) is 2. The van der Waals surface area contributed by atoms with Crippen molar-refractivity contribution < 1.29 is 9.90 Å². The first-order chi connectivity index (χ1) is 9.47. The van der Waals surface area contributed by atoms with Crippen molar-refractivity contribution in [2.45, 2.75) is 13.8 Å². The Kier molecular flexibility index (Phi) is 2.64. The minimum Gasteiger partial charge on any atom is -0.477 e. The van der Waals surface area contributed by atoms with Gasteiger partial charge in [-0.15, -0.1) is 0 Å². The predicted octanol–water partition coefficient (Wildman–Crippen LogP) is 2.88. The Morgan fingerprint density at radius 1 is 1.30 bits per heavy atom. The number of rotatable bonds is 2. The van der Waals surface area contributed by atoms with Gasteiger partial charge in [-0.2, -0.15) is 5.10 Å². The molecule has 0 amide bonds. The van der Waals surface area contributed by atoms with Gasteiger partial charge in [0.25, 0.3) is 0 Å². The number of aryl methyl sites for hydroxylation is 3. The summed E-state index contributed by atoms with van der Waals surface area (Å²) in [6, 6.07) is 7.77. The average Bonchev–Trinajstić information content (AvgIpc) is 2.88. The fraction of sp³-hybridized carbons (Fsp3) is 0.200. The van der Waals surface area contributed by atoms with Crippen LogP contribution in [-0.2, 0) is 7.05 Å². The molecule has 2 aromatic heterocycles. The van der Waals surface area contributed by atoms with Crippen molar-refractivity contribution in [1.82, 2.24) is 14.8 Å². The summed E-state index contributed by atoms with van der Waals surface area (Å²) >= 11 is 0. The monoisotopic (exact) mass is 269 g/mol. The molecule has 102 valence electrons. The van der Waals surface area contributed by atoms with Crippen LogP contribution in [0.4, 0.5) is 0 Å². The third-order valence-corrected chi connectivity index (χ3v) is 3.50. The molecule has 0 atom stereocenters. The predicted molar refractivity (Wildman–Crippen MR) is 76.9 cm³/mol. The minimum absolute atomic E-state index is 0.181. The minimum atomic E-state index is -0.973. The van der Waals surface area contributed by atoms with E-state index in [4.69, 9.17) is 5.11 Å². The zero-order chi connectivity index (χ0) is 14.4. The van der Waals surface area contributed by atoms with Gasteiger partial charge in [0, 0.05) is 29.2 Å². The Labute approximate surface area is 115 Å². The fourth-order valence-electron chi connectivity index (χ4n) is 2.57.